The molecule has 1 fully saturated rings. The number of anilines is 1. The maximum absolute atomic E-state index is 12.3. The molecule has 1 aromatic heterocycles. The van der Waals surface area contributed by atoms with E-state index < -0.39 is 0 Å². The van der Waals surface area contributed by atoms with Gasteiger partial charge in [-0.1, -0.05) is 13.3 Å². The summed E-state index contributed by atoms with van der Waals surface area (Å²) in [6.45, 7) is 9.77. The topological polar surface area (TPSA) is 58.6 Å². The lowest BCUT2D eigenvalue weighted by atomic mass is 10.0. The largest absolute Gasteiger partial charge is 0.453 e. The molecular weight excluding hydrogens is 340 g/mol. The van der Waals surface area contributed by atoms with Crippen LogP contribution in [0.5, 0.6) is 0 Å². The van der Waals surface area contributed by atoms with Crippen LogP contribution in [0.2, 0.25) is 5.28 Å². The number of carbonyl (C=O) groups excluding carboxylic acids is 1. The van der Waals surface area contributed by atoms with Crippen LogP contribution in [0, 0.1) is 0 Å². The molecule has 0 N–H and O–H groups in total. The van der Waals surface area contributed by atoms with E-state index in [1.165, 1.54) is 7.11 Å². The zero-order chi connectivity index (χ0) is 18.6. The summed E-state index contributed by atoms with van der Waals surface area (Å²) in [7, 11) is 1.43. The van der Waals surface area contributed by atoms with Crippen LogP contribution in [0.3, 0.4) is 0 Å². The Morgan fingerprint density at radius 2 is 2.16 bits per heavy atom. The first-order chi connectivity index (χ1) is 11.8. The SMILES string of the molecule is CCCCc1cc(N2CC[C@H](N(C(=O)OC)C(C)(C)C)C2)nc(Cl)n1. The van der Waals surface area contributed by atoms with Gasteiger partial charge in [0.1, 0.15) is 5.82 Å². The molecule has 0 bridgehead atoms. The first-order valence-electron chi connectivity index (χ1n) is 8.92. The van der Waals surface area contributed by atoms with Gasteiger partial charge in [-0.3, -0.25) is 4.90 Å². The van der Waals surface area contributed by atoms with Crippen LogP contribution in [0.15, 0.2) is 6.07 Å². The molecule has 1 aromatic rings. The summed E-state index contributed by atoms with van der Waals surface area (Å²) in [4.78, 5) is 25.0. The molecule has 0 saturated carbocycles. The molecule has 0 aromatic carbocycles. The Bertz CT molecular complexity index is 603. The summed E-state index contributed by atoms with van der Waals surface area (Å²) in [6.07, 6.45) is 3.68. The third-order valence-electron chi connectivity index (χ3n) is 4.47. The first-order valence-corrected chi connectivity index (χ1v) is 9.29. The van der Waals surface area contributed by atoms with Gasteiger partial charge in [0, 0.05) is 30.4 Å². The molecule has 1 aliphatic rings. The Balaban J connectivity index is 2.16. The summed E-state index contributed by atoms with van der Waals surface area (Å²) in [5, 5.41) is 0.285. The van der Waals surface area contributed by atoms with E-state index in [0.29, 0.717) is 6.54 Å². The predicted molar refractivity (Wildman–Crippen MR) is 100 cm³/mol. The molecular formula is C18H29ClN4O2. The van der Waals surface area contributed by atoms with Gasteiger partial charge in [0.2, 0.25) is 5.28 Å². The molecule has 1 atom stereocenters. The maximum Gasteiger partial charge on any atom is 0.410 e. The summed E-state index contributed by atoms with van der Waals surface area (Å²) < 4.78 is 5.00. The lowest BCUT2D eigenvalue weighted by Gasteiger charge is -2.38. The molecule has 2 heterocycles. The van der Waals surface area contributed by atoms with Gasteiger partial charge in [0.25, 0.3) is 0 Å². The fraction of sp³-hybridized carbons (Fsp3) is 0.722. The van der Waals surface area contributed by atoms with E-state index in [-0.39, 0.29) is 23.0 Å². The van der Waals surface area contributed by atoms with Crippen LogP contribution in [0.1, 0.15) is 52.7 Å². The van der Waals surface area contributed by atoms with E-state index in [2.05, 4.69) is 21.8 Å². The monoisotopic (exact) mass is 368 g/mol. The molecule has 25 heavy (non-hydrogen) atoms. The second kappa shape index (κ2) is 8.21. The molecule has 0 radical (unpaired) electrons. The van der Waals surface area contributed by atoms with Crippen LogP contribution < -0.4 is 4.90 Å². The zero-order valence-corrected chi connectivity index (χ0v) is 16.6. The molecule has 1 saturated heterocycles. The van der Waals surface area contributed by atoms with E-state index in [0.717, 1.165) is 43.7 Å². The quantitative estimate of drug-likeness (QED) is 0.737. The molecule has 6 nitrogen and oxygen atoms in total. The van der Waals surface area contributed by atoms with Crippen molar-refractivity contribution in [3.05, 3.63) is 17.0 Å². The van der Waals surface area contributed by atoms with Gasteiger partial charge >= 0.3 is 6.09 Å². The predicted octanol–water partition coefficient (Wildman–Crippen LogP) is 3.92. The molecule has 1 aliphatic heterocycles. The number of hydrogen-bond donors (Lipinski definition) is 0. The third kappa shape index (κ3) is 4.97. The Morgan fingerprint density at radius 1 is 1.44 bits per heavy atom. The van der Waals surface area contributed by atoms with E-state index in [4.69, 9.17) is 16.3 Å². The number of halogens is 1. The number of ether oxygens (including phenoxy) is 1. The van der Waals surface area contributed by atoms with Crippen molar-refractivity contribution < 1.29 is 9.53 Å². The highest BCUT2D eigenvalue weighted by atomic mass is 35.5. The number of hydrogen-bond acceptors (Lipinski definition) is 5. The van der Waals surface area contributed by atoms with E-state index >= 15 is 0 Å². The number of carbonyl (C=O) groups is 1. The Morgan fingerprint density at radius 3 is 2.76 bits per heavy atom. The highest BCUT2D eigenvalue weighted by Gasteiger charge is 2.38. The lowest BCUT2D eigenvalue weighted by molar-refractivity contribution is 0.0621. The maximum atomic E-state index is 12.3. The lowest BCUT2D eigenvalue weighted by Crippen LogP contribution is -2.52. The summed E-state index contributed by atoms with van der Waals surface area (Å²) in [5.41, 5.74) is 0.671. The van der Waals surface area contributed by atoms with Crippen molar-refractivity contribution in [1.82, 2.24) is 14.9 Å². The van der Waals surface area contributed by atoms with Gasteiger partial charge in [0.05, 0.1) is 13.2 Å². The van der Waals surface area contributed by atoms with Crippen molar-refractivity contribution >= 4 is 23.5 Å². The molecule has 140 valence electrons. The average molecular weight is 369 g/mol. The van der Waals surface area contributed by atoms with Crippen molar-refractivity contribution in [1.29, 1.82) is 0 Å². The van der Waals surface area contributed by atoms with Crippen molar-refractivity contribution in [2.45, 2.75) is 65.0 Å². The number of methoxy groups -OCH3 is 1. The van der Waals surface area contributed by atoms with Crippen LogP contribution in [0.4, 0.5) is 10.6 Å². The van der Waals surface area contributed by atoms with E-state index in [1.807, 2.05) is 31.7 Å². The molecule has 1 amide bonds. The standard InChI is InChI=1S/C18H29ClN4O2/c1-6-7-8-13-11-15(21-16(19)20-13)22-10-9-14(12-22)23(17(24)25-5)18(2,3)4/h11,14H,6-10,12H2,1-5H3/t14-/m0/s1. The Kier molecular flexibility index (Phi) is 6.49. The summed E-state index contributed by atoms with van der Waals surface area (Å²) in [5.74, 6) is 0.840. The number of nitrogens with zero attached hydrogens (tertiary/aromatic N) is 4. The van der Waals surface area contributed by atoms with Crippen molar-refractivity contribution in [3.8, 4) is 0 Å². The summed E-state index contributed by atoms with van der Waals surface area (Å²) >= 11 is 6.12. The van der Waals surface area contributed by atoms with Gasteiger partial charge in [-0.2, -0.15) is 0 Å². The van der Waals surface area contributed by atoms with Crippen molar-refractivity contribution in [2.24, 2.45) is 0 Å². The van der Waals surface area contributed by atoms with Gasteiger partial charge < -0.3 is 9.64 Å². The Labute approximate surface area is 155 Å². The van der Waals surface area contributed by atoms with Crippen LogP contribution in [-0.2, 0) is 11.2 Å². The molecule has 0 spiro atoms. The number of aromatic nitrogens is 2. The third-order valence-corrected chi connectivity index (χ3v) is 4.64. The van der Waals surface area contributed by atoms with Crippen LogP contribution in [-0.4, -0.2) is 52.7 Å². The van der Waals surface area contributed by atoms with Crippen LogP contribution in [0.25, 0.3) is 0 Å². The second-order valence-electron chi connectivity index (χ2n) is 7.49. The fourth-order valence-corrected chi connectivity index (χ4v) is 3.52. The zero-order valence-electron chi connectivity index (χ0n) is 15.9. The van der Waals surface area contributed by atoms with E-state index in [1.54, 1.807) is 0 Å². The number of amides is 1. The second-order valence-corrected chi connectivity index (χ2v) is 7.83. The van der Waals surface area contributed by atoms with Crippen LogP contribution >= 0.6 is 11.6 Å². The molecule has 0 aliphatic carbocycles. The first kappa shape index (κ1) is 19.8. The van der Waals surface area contributed by atoms with Gasteiger partial charge in [0.15, 0.2) is 0 Å². The van der Waals surface area contributed by atoms with Gasteiger partial charge in [-0.15, -0.1) is 0 Å². The highest BCUT2D eigenvalue weighted by Crippen LogP contribution is 2.28. The minimum Gasteiger partial charge on any atom is -0.453 e. The molecule has 2 rings (SSSR count). The summed E-state index contributed by atoms with van der Waals surface area (Å²) in [6, 6.07) is 2.10. The van der Waals surface area contributed by atoms with Gasteiger partial charge in [-0.05, 0) is 51.6 Å². The van der Waals surface area contributed by atoms with E-state index in [9.17, 15) is 4.79 Å². The minimum absolute atomic E-state index is 0.0836. The van der Waals surface area contributed by atoms with Crippen molar-refractivity contribution in [2.75, 3.05) is 25.1 Å². The minimum atomic E-state index is -0.302. The Hall–Kier alpha value is -1.56. The normalized spacial score (nSPS) is 17.7. The molecule has 7 heteroatoms. The number of rotatable bonds is 5. The number of aryl methyl sites for hydroxylation is 1. The van der Waals surface area contributed by atoms with Gasteiger partial charge in [-0.25, -0.2) is 14.8 Å². The molecule has 0 unspecified atom stereocenters. The highest BCUT2D eigenvalue weighted by molar-refractivity contribution is 6.28. The number of unbranched alkanes of at least 4 members (excludes halogenated alkanes) is 1. The average Bonchev–Trinajstić information content (AvgIpc) is 3.00. The van der Waals surface area contributed by atoms with Crippen molar-refractivity contribution in [3.63, 3.8) is 0 Å². The smallest absolute Gasteiger partial charge is 0.410 e. The fourth-order valence-electron chi connectivity index (χ4n) is 3.33.